The van der Waals surface area contributed by atoms with Gasteiger partial charge in [-0.2, -0.15) is 5.10 Å². The molecule has 176 valence electrons. The number of nitrogens with one attached hydrogen (secondary N) is 1. The highest BCUT2D eigenvalue weighted by atomic mass is 16.5. The van der Waals surface area contributed by atoms with Crippen LogP contribution in [0.1, 0.15) is 10.4 Å². The molecule has 7 nitrogen and oxygen atoms in total. The molecule has 0 radical (unpaired) electrons. The molecular formula is C28H26N4O3. The number of carbonyl (C=O) groups is 1. The van der Waals surface area contributed by atoms with Gasteiger partial charge in [-0.3, -0.25) is 9.59 Å². The number of para-hydroxylation sites is 2. The number of piperazine rings is 1. The van der Waals surface area contributed by atoms with Crippen molar-refractivity contribution in [3.63, 3.8) is 0 Å². The summed E-state index contributed by atoms with van der Waals surface area (Å²) in [4.78, 5) is 30.8. The van der Waals surface area contributed by atoms with Gasteiger partial charge in [0, 0.05) is 37.3 Å². The average molecular weight is 467 g/mol. The predicted octanol–water partition coefficient (Wildman–Crippen LogP) is 4.07. The second-order valence-corrected chi connectivity index (χ2v) is 8.33. The summed E-state index contributed by atoms with van der Waals surface area (Å²) in [6.45, 7) is 2.27. The topological polar surface area (TPSA) is 78.5 Å². The molecule has 0 aliphatic carbocycles. The maximum atomic E-state index is 13.8. The zero-order chi connectivity index (χ0) is 24.2. The molecule has 1 aliphatic heterocycles. The SMILES string of the molecule is COc1ccccc1N1CCN(C(=O)c2c(-c3ccccc3)c(-c3ccccc3)n[nH]c2=O)CC1. The smallest absolute Gasteiger partial charge is 0.277 e. The van der Waals surface area contributed by atoms with Gasteiger partial charge in [0.2, 0.25) is 0 Å². The Kier molecular flexibility index (Phi) is 6.30. The first-order valence-electron chi connectivity index (χ1n) is 11.6. The van der Waals surface area contributed by atoms with E-state index in [4.69, 9.17) is 4.74 Å². The third-order valence-corrected chi connectivity index (χ3v) is 6.30. The van der Waals surface area contributed by atoms with Gasteiger partial charge in [-0.05, 0) is 17.7 Å². The monoisotopic (exact) mass is 466 g/mol. The van der Waals surface area contributed by atoms with Gasteiger partial charge in [-0.1, -0.05) is 72.8 Å². The fraction of sp³-hybridized carbons (Fsp3) is 0.179. The molecule has 0 unspecified atom stereocenters. The molecule has 1 saturated heterocycles. The minimum Gasteiger partial charge on any atom is -0.495 e. The Morgan fingerprint density at radius 2 is 1.43 bits per heavy atom. The zero-order valence-electron chi connectivity index (χ0n) is 19.5. The standard InChI is InChI=1S/C28H26N4O3/c1-35-23-15-9-8-14-22(23)31-16-18-32(19-17-31)28(34)25-24(20-10-4-2-5-11-20)26(29-30-27(25)33)21-12-6-3-7-13-21/h2-15H,16-19H2,1H3,(H,30,33). The number of carbonyl (C=O) groups excluding carboxylic acids is 1. The minimum absolute atomic E-state index is 0.121. The van der Waals surface area contributed by atoms with E-state index in [0.717, 1.165) is 22.6 Å². The maximum Gasteiger partial charge on any atom is 0.277 e. The van der Waals surface area contributed by atoms with Crippen LogP contribution in [0.3, 0.4) is 0 Å². The molecule has 0 atom stereocenters. The van der Waals surface area contributed by atoms with Crippen LogP contribution in [0.4, 0.5) is 5.69 Å². The lowest BCUT2D eigenvalue weighted by molar-refractivity contribution is 0.0745. The van der Waals surface area contributed by atoms with Gasteiger partial charge in [0.1, 0.15) is 11.3 Å². The Balaban J connectivity index is 1.50. The Hall–Kier alpha value is -4.39. The summed E-state index contributed by atoms with van der Waals surface area (Å²) in [5.74, 6) is 0.515. The molecule has 0 saturated carbocycles. The summed E-state index contributed by atoms with van der Waals surface area (Å²) in [6.07, 6.45) is 0. The van der Waals surface area contributed by atoms with Crippen LogP contribution in [0.15, 0.2) is 89.7 Å². The number of aromatic nitrogens is 2. The van der Waals surface area contributed by atoms with Crippen molar-refractivity contribution in [1.29, 1.82) is 0 Å². The molecule has 5 rings (SSSR count). The molecule has 35 heavy (non-hydrogen) atoms. The van der Waals surface area contributed by atoms with Crippen molar-refractivity contribution in [1.82, 2.24) is 15.1 Å². The van der Waals surface area contributed by atoms with Crippen molar-refractivity contribution >= 4 is 11.6 Å². The highest BCUT2D eigenvalue weighted by Gasteiger charge is 2.29. The number of anilines is 1. The Morgan fingerprint density at radius 1 is 0.829 bits per heavy atom. The summed E-state index contributed by atoms with van der Waals surface area (Å²) in [5.41, 5.74) is 3.38. The number of methoxy groups -OCH3 is 1. The summed E-state index contributed by atoms with van der Waals surface area (Å²) in [5, 5.41) is 6.92. The van der Waals surface area contributed by atoms with Crippen molar-refractivity contribution in [2.45, 2.75) is 0 Å². The number of ether oxygens (including phenoxy) is 1. The van der Waals surface area contributed by atoms with Gasteiger partial charge in [0.25, 0.3) is 11.5 Å². The molecule has 1 amide bonds. The van der Waals surface area contributed by atoms with Crippen LogP contribution in [-0.2, 0) is 0 Å². The van der Waals surface area contributed by atoms with Gasteiger partial charge < -0.3 is 14.5 Å². The van der Waals surface area contributed by atoms with E-state index in [1.807, 2.05) is 84.9 Å². The highest BCUT2D eigenvalue weighted by molar-refractivity contribution is 6.03. The van der Waals surface area contributed by atoms with Gasteiger partial charge in [-0.15, -0.1) is 0 Å². The fourth-order valence-electron chi connectivity index (χ4n) is 4.54. The van der Waals surface area contributed by atoms with E-state index in [9.17, 15) is 9.59 Å². The van der Waals surface area contributed by atoms with Crippen molar-refractivity contribution in [2.24, 2.45) is 0 Å². The van der Waals surface area contributed by atoms with E-state index in [0.29, 0.717) is 37.4 Å². The number of nitrogens with zero attached hydrogens (tertiary/aromatic N) is 3. The third kappa shape index (κ3) is 4.40. The molecule has 3 aromatic carbocycles. The van der Waals surface area contributed by atoms with Crippen LogP contribution in [-0.4, -0.2) is 54.3 Å². The molecule has 1 fully saturated rings. The fourth-order valence-corrected chi connectivity index (χ4v) is 4.54. The molecule has 1 aliphatic rings. The second-order valence-electron chi connectivity index (χ2n) is 8.33. The molecule has 0 bridgehead atoms. The second kappa shape index (κ2) is 9.85. The first-order chi connectivity index (χ1) is 17.2. The van der Waals surface area contributed by atoms with Crippen molar-refractivity contribution in [2.75, 3.05) is 38.2 Å². The van der Waals surface area contributed by atoms with Crippen LogP contribution in [0, 0.1) is 0 Å². The number of amides is 1. The lowest BCUT2D eigenvalue weighted by atomic mass is 9.95. The lowest BCUT2D eigenvalue weighted by Gasteiger charge is -2.36. The first-order valence-corrected chi connectivity index (χ1v) is 11.6. The van der Waals surface area contributed by atoms with E-state index in [2.05, 4.69) is 15.1 Å². The number of hydrogen-bond donors (Lipinski definition) is 1. The van der Waals surface area contributed by atoms with Crippen molar-refractivity contribution in [3.8, 4) is 28.1 Å². The highest BCUT2D eigenvalue weighted by Crippen LogP contribution is 2.33. The van der Waals surface area contributed by atoms with Crippen molar-refractivity contribution in [3.05, 3.63) is 101 Å². The Labute approximate surface area is 203 Å². The number of benzene rings is 3. The van der Waals surface area contributed by atoms with Crippen molar-refractivity contribution < 1.29 is 9.53 Å². The van der Waals surface area contributed by atoms with Crippen LogP contribution in [0.5, 0.6) is 5.75 Å². The van der Waals surface area contributed by atoms with Crippen LogP contribution < -0.4 is 15.2 Å². The minimum atomic E-state index is -0.485. The summed E-state index contributed by atoms with van der Waals surface area (Å²) in [7, 11) is 1.66. The van der Waals surface area contributed by atoms with E-state index in [1.54, 1.807) is 12.0 Å². The van der Waals surface area contributed by atoms with Crippen LogP contribution in [0.25, 0.3) is 22.4 Å². The molecule has 4 aromatic rings. The average Bonchev–Trinajstić information content (AvgIpc) is 2.93. The summed E-state index contributed by atoms with van der Waals surface area (Å²) >= 11 is 0. The number of hydrogen-bond acceptors (Lipinski definition) is 5. The first kappa shape index (κ1) is 22.4. The van der Waals surface area contributed by atoms with E-state index in [1.165, 1.54) is 0 Å². The van der Waals surface area contributed by atoms with E-state index in [-0.39, 0.29) is 11.5 Å². The third-order valence-electron chi connectivity index (χ3n) is 6.30. The predicted molar refractivity (Wildman–Crippen MR) is 137 cm³/mol. The Morgan fingerprint density at radius 3 is 2.09 bits per heavy atom. The van der Waals surface area contributed by atoms with Crippen LogP contribution in [0.2, 0.25) is 0 Å². The molecule has 7 heteroatoms. The maximum absolute atomic E-state index is 13.8. The molecular weight excluding hydrogens is 440 g/mol. The summed E-state index contributed by atoms with van der Waals surface area (Å²) in [6, 6.07) is 27.0. The molecule has 1 aromatic heterocycles. The van der Waals surface area contributed by atoms with E-state index < -0.39 is 5.56 Å². The molecule has 2 heterocycles. The molecule has 1 N–H and O–H groups in total. The van der Waals surface area contributed by atoms with Gasteiger partial charge in [-0.25, -0.2) is 5.10 Å². The normalized spacial score (nSPS) is 13.5. The molecule has 0 spiro atoms. The number of aromatic amines is 1. The number of rotatable bonds is 5. The van der Waals surface area contributed by atoms with Crippen LogP contribution >= 0.6 is 0 Å². The number of H-pyrrole nitrogens is 1. The van der Waals surface area contributed by atoms with Gasteiger partial charge in [0.05, 0.1) is 18.5 Å². The lowest BCUT2D eigenvalue weighted by Crippen LogP contribution is -2.50. The van der Waals surface area contributed by atoms with Gasteiger partial charge in [0.15, 0.2) is 0 Å². The summed E-state index contributed by atoms with van der Waals surface area (Å²) < 4.78 is 5.50. The van der Waals surface area contributed by atoms with Gasteiger partial charge >= 0.3 is 0 Å². The quantitative estimate of drug-likeness (QED) is 0.480. The Bertz CT molecular complexity index is 1380. The zero-order valence-corrected chi connectivity index (χ0v) is 19.5. The van der Waals surface area contributed by atoms with E-state index >= 15 is 0 Å². The largest absolute Gasteiger partial charge is 0.495 e.